The van der Waals surface area contributed by atoms with Crippen LogP contribution in [0.4, 0.5) is 0 Å². The Kier molecular flexibility index (Phi) is 6.89. The van der Waals surface area contributed by atoms with E-state index in [2.05, 4.69) is 22.0 Å². The number of likely N-dealkylation sites (N-methyl/N-ethyl adjacent to an activating group) is 1. The molecule has 0 unspecified atom stereocenters. The van der Waals surface area contributed by atoms with Crippen molar-refractivity contribution in [1.29, 1.82) is 0 Å². The molecule has 6 heteroatoms. The summed E-state index contributed by atoms with van der Waals surface area (Å²) in [5, 5.41) is 2.90. The standard InChI is InChI=1S/C16H27N3O3/c1-3-18-9-11-19(12-10-18)8-4-7-17-16(20)15-6-5-14(22-15)13-21-2/h5-6H,3-4,7-13H2,1-2H3,(H,17,20). The highest BCUT2D eigenvalue weighted by Gasteiger charge is 2.15. The van der Waals surface area contributed by atoms with Crippen molar-refractivity contribution < 1.29 is 13.9 Å². The van der Waals surface area contributed by atoms with Crippen LogP contribution in [0.1, 0.15) is 29.7 Å². The third-order valence-corrected chi connectivity index (χ3v) is 4.02. The normalized spacial score (nSPS) is 16.8. The van der Waals surface area contributed by atoms with E-state index < -0.39 is 0 Å². The monoisotopic (exact) mass is 309 g/mol. The van der Waals surface area contributed by atoms with Gasteiger partial charge < -0.3 is 24.3 Å². The SMILES string of the molecule is CCN1CCN(CCCNC(=O)c2ccc(COC)o2)CC1. The molecule has 1 aromatic rings. The van der Waals surface area contributed by atoms with E-state index in [0.29, 0.717) is 24.7 Å². The molecule has 1 saturated heterocycles. The van der Waals surface area contributed by atoms with Crippen LogP contribution >= 0.6 is 0 Å². The van der Waals surface area contributed by atoms with Crippen LogP contribution in [0.15, 0.2) is 16.5 Å². The number of methoxy groups -OCH3 is 1. The van der Waals surface area contributed by atoms with E-state index in [4.69, 9.17) is 9.15 Å². The van der Waals surface area contributed by atoms with Gasteiger partial charge in [0, 0.05) is 39.8 Å². The lowest BCUT2D eigenvalue weighted by molar-refractivity contribution is 0.0912. The molecule has 2 rings (SSSR count). The fourth-order valence-corrected chi connectivity index (χ4v) is 2.64. The minimum atomic E-state index is -0.154. The summed E-state index contributed by atoms with van der Waals surface area (Å²) in [5.41, 5.74) is 0. The molecule has 0 atom stereocenters. The van der Waals surface area contributed by atoms with Crippen molar-refractivity contribution in [3.8, 4) is 0 Å². The number of hydrogen-bond acceptors (Lipinski definition) is 5. The van der Waals surface area contributed by atoms with E-state index in [1.165, 1.54) is 0 Å². The second-order valence-corrected chi connectivity index (χ2v) is 5.58. The summed E-state index contributed by atoms with van der Waals surface area (Å²) in [5.74, 6) is 0.864. The van der Waals surface area contributed by atoms with E-state index in [-0.39, 0.29) is 5.91 Å². The molecule has 6 nitrogen and oxygen atoms in total. The first-order valence-corrected chi connectivity index (χ1v) is 8.03. The number of rotatable bonds is 8. The highest BCUT2D eigenvalue weighted by molar-refractivity contribution is 5.91. The van der Waals surface area contributed by atoms with Crippen molar-refractivity contribution in [2.45, 2.75) is 20.0 Å². The molecule has 1 amide bonds. The lowest BCUT2D eigenvalue weighted by Gasteiger charge is -2.33. The van der Waals surface area contributed by atoms with Crippen molar-refractivity contribution >= 4 is 5.91 Å². The Bertz CT molecular complexity index is 453. The number of carbonyl (C=O) groups excluding carboxylic acids is 1. The zero-order valence-electron chi connectivity index (χ0n) is 13.6. The van der Waals surface area contributed by atoms with Gasteiger partial charge in [-0.25, -0.2) is 0 Å². The molecule has 1 aliphatic rings. The molecule has 1 fully saturated rings. The molecule has 0 aromatic carbocycles. The van der Waals surface area contributed by atoms with E-state index in [9.17, 15) is 4.79 Å². The lowest BCUT2D eigenvalue weighted by atomic mass is 10.3. The first-order chi connectivity index (χ1) is 10.7. The Morgan fingerprint density at radius 2 is 2.00 bits per heavy atom. The molecule has 2 heterocycles. The van der Waals surface area contributed by atoms with Gasteiger partial charge in [0.2, 0.25) is 0 Å². The summed E-state index contributed by atoms with van der Waals surface area (Å²) < 4.78 is 10.4. The van der Waals surface area contributed by atoms with Crippen molar-refractivity contribution in [2.24, 2.45) is 0 Å². The first-order valence-electron chi connectivity index (χ1n) is 8.03. The third-order valence-electron chi connectivity index (χ3n) is 4.02. The zero-order chi connectivity index (χ0) is 15.8. The molecule has 0 radical (unpaired) electrons. The summed E-state index contributed by atoms with van der Waals surface area (Å²) in [7, 11) is 1.60. The number of furan rings is 1. The second kappa shape index (κ2) is 8.92. The third kappa shape index (κ3) is 5.12. The van der Waals surface area contributed by atoms with Crippen molar-refractivity contribution in [1.82, 2.24) is 15.1 Å². The average molecular weight is 309 g/mol. The number of hydrogen-bond donors (Lipinski definition) is 1. The Morgan fingerprint density at radius 3 is 2.68 bits per heavy atom. The summed E-state index contributed by atoms with van der Waals surface area (Å²) in [4.78, 5) is 16.9. The molecule has 124 valence electrons. The molecular formula is C16H27N3O3. The van der Waals surface area contributed by atoms with Crippen molar-refractivity contribution in [2.75, 3.05) is 52.9 Å². The topological polar surface area (TPSA) is 58.0 Å². The average Bonchev–Trinajstić information content (AvgIpc) is 3.01. The van der Waals surface area contributed by atoms with Gasteiger partial charge in [0.25, 0.3) is 5.91 Å². The predicted octanol–water partition coefficient (Wildman–Crippen LogP) is 1.18. The second-order valence-electron chi connectivity index (χ2n) is 5.58. The van der Waals surface area contributed by atoms with Crippen LogP contribution in [0, 0.1) is 0 Å². The highest BCUT2D eigenvalue weighted by Crippen LogP contribution is 2.08. The number of amides is 1. The van der Waals surface area contributed by atoms with E-state index in [0.717, 1.165) is 45.7 Å². The van der Waals surface area contributed by atoms with Gasteiger partial charge in [0.1, 0.15) is 12.4 Å². The van der Waals surface area contributed by atoms with Crippen LogP contribution in [0.3, 0.4) is 0 Å². The van der Waals surface area contributed by atoms with Gasteiger partial charge in [-0.15, -0.1) is 0 Å². The Labute approximate surface area is 132 Å². The molecule has 1 aliphatic heterocycles. The van der Waals surface area contributed by atoms with Crippen LogP contribution in [0.5, 0.6) is 0 Å². The maximum absolute atomic E-state index is 11.9. The van der Waals surface area contributed by atoms with Gasteiger partial charge >= 0.3 is 0 Å². The molecule has 22 heavy (non-hydrogen) atoms. The maximum atomic E-state index is 11.9. The molecule has 1 N–H and O–H groups in total. The van der Waals surface area contributed by atoms with Gasteiger partial charge in [0.15, 0.2) is 5.76 Å². The van der Waals surface area contributed by atoms with E-state index in [1.54, 1.807) is 19.2 Å². The molecule has 0 spiro atoms. The Morgan fingerprint density at radius 1 is 1.27 bits per heavy atom. The Hall–Kier alpha value is -1.37. The minimum absolute atomic E-state index is 0.154. The smallest absolute Gasteiger partial charge is 0.286 e. The van der Waals surface area contributed by atoms with Gasteiger partial charge in [-0.3, -0.25) is 4.79 Å². The van der Waals surface area contributed by atoms with Crippen molar-refractivity contribution in [3.63, 3.8) is 0 Å². The van der Waals surface area contributed by atoms with Gasteiger partial charge in [0.05, 0.1) is 0 Å². The lowest BCUT2D eigenvalue weighted by Crippen LogP contribution is -2.46. The number of ether oxygens (including phenoxy) is 1. The summed E-state index contributed by atoms with van der Waals surface area (Å²) in [6, 6.07) is 3.46. The number of carbonyl (C=O) groups is 1. The zero-order valence-corrected chi connectivity index (χ0v) is 13.6. The Balaban J connectivity index is 1.61. The van der Waals surface area contributed by atoms with Crippen LogP contribution in [0.25, 0.3) is 0 Å². The minimum Gasteiger partial charge on any atom is -0.453 e. The molecular weight excluding hydrogens is 282 g/mol. The molecule has 0 aliphatic carbocycles. The number of nitrogens with one attached hydrogen (secondary N) is 1. The summed E-state index contributed by atoms with van der Waals surface area (Å²) in [6.07, 6.45) is 0.962. The quantitative estimate of drug-likeness (QED) is 0.731. The molecule has 1 aromatic heterocycles. The van der Waals surface area contributed by atoms with Gasteiger partial charge in [-0.2, -0.15) is 0 Å². The highest BCUT2D eigenvalue weighted by atomic mass is 16.5. The predicted molar refractivity (Wildman–Crippen MR) is 84.9 cm³/mol. The maximum Gasteiger partial charge on any atom is 0.286 e. The fourth-order valence-electron chi connectivity index (χ4n) is 2.64. The van der Waals surface area contributed by atoms with E-state index in [1.807, 2.05) is 0 Å². The van der Waals surface area contributed by atoms with Gasteiger partial charge in [-0.05, 0) is 31.6 Å². The first kappa shape index (κ1) is 17.0. The largest absolute Gasteiger partial charge is 0.453 e. The number of nitrogens with zero attached hydrogens (tertiary/aromatic N) is 2. The van der Waals surface area contributed by atoms with Crippen molar-refractivity contribution in [3.05, 3.63) is 23.7 Å². The van der Waals surface area contributed by atoms with Gasteiger partial charge in [-0.1, -0.05) is 6.92 Å². The summed E-state index contributed by atoms with van der Waals surface area (Å²) >= 11 is 0. The number of piperazine rings is 1. The summed E-state index contributed by atoms with van der Waals surface area (Å²) in [6.45, 7) is 9.99. The van der Waals surface area contributed by atoms with Crippen LogP contribution in [-0.4, -0.2) is 68.6 Å². The van der Waals surface area contributed by atoms with E-state index >= 15 is 0 Å². The molecule has 0 saturated carbocycles. The molecule has 0 bridgehead atoms. The van der Waals surface area contributed by atoms with Crippen LogP contribution in [-0.2, 0) is 11.3 Å². The fraction of sp³-hybridized carbons (Fsp3) is 0.688. The van der Waals surface area contributed by atoms with Crippen LogP contribution in [0.2, 0.25) is 0 Å². The van der Waals surface area contributed by atoms with Crippen LogP contribution < -0.4 is 5.32 Å².